The second-order valence-electron chi connectivity index (χ2n) is 8.01. The fraction of sp³-hybridized carbons (Fsp3) is 0.435. The first-order valence-electron chi connectivity index (χ1n) is 11.0. The van der Waals surface area contributed by atoms with Crippen LogP contribution < -0.4 is 15.6 Å². The largest absolute Gasteiger partial charge is 0.495 e. The van der Waals surface area contributed by atoms with E-state index < -0.39 is 28.4 Å². The summed E-state index contributed by atoms with van der Waals surface area (Å²) in [7, 11) is -0.0260. The zero-order chi connectivity index (χ0) is 25.8. The normalized spacial score (nSPS) is 15.5. The van der Waals surface area contributed by atoms with Crippen LogP contribution in [-0.4, -0.2) is 41.0 Å². The van der Waals surface area contributed by atoms with Crippen LogP contribution in [-0.2, 0) is 23.5 Å². The van der Waals surface area contributed by atoms with Crippen molar-refractivity contribution in [3.8, 4) is 5.75 Å². The van der Waals surface area contributed by atoms with Crippen LogP contribution in [0.3, 0.4) is 0 Å². The number of ether oxygens (including phenoxy) is 1. The first-order valence-corrected chi connectivity index (χ1v) is 13.1. The highest BCUT2D eigenvalue weighted by Gasteiger charge is 2.36. The maximum atomic E-state index is 13.9. The van der Waals surface area contributed by atoms with Crippen LogP contribution in [0.4, 0.5) is 18.9 Å². The SMILES string of the molecule is CCS(=O)c1cc(OC)c(Cl)cc1NNC(=O)c1cc(Cl)c(CN2CCCCC2)c(C(F)(F)F)c1. The van der Waals surface area contributed by atoms with E-state index in [1.165, 1.54) is 25.3 Å². The smallest absolute Gasteiger partial charge is 0.416 e. The van der Waals surface area contributed by atoms with Crippen LogP contribution in [0.1, 0.15) is 47.7 Å². The second-order valence-corrected chi connectivity index (χ2v) is 10.5. The number of nitrogens with zero attached hydrogens (tertiary/aromatic N) is 1. The van der Waals surface area contributed by atoms with E-state index in [1.54, 1.807) is 6.92 Å². The number of amides is 1. The molecule has 2 N–H and O–H groups in total. The molecule has 3 rings (SSSR count). The number of benzene rings is 2. The van der Waals surface area contributed by atoms with Crippen LogP contribution in [0.25, 0.3) is 0 Å². The Bertz CT molecular complexity index is 1110. The Labute approximate surface area is 214 Å². The van der Waals surface area contributed by atoms with Gasteiger partial charge < -0.3 is 4.74 Å². The molecule has 1 atom stereocenters. The fourth-order valence-corrected chi connectivity index (χ4v) is 5.28. The Balaban J connectivity index is 1.86. The molecule has 192 valence electrons. The second kappa shape index (κ2) is 11.8. The molecule has 2 aromatic carbocycles. The molecule has 1 aliphatic rings. The van der Waals surface area contributed by atoms with Gasteiger partial charge in [-0.2, -0.15) is 13.2 Å². The molecule has 2 aromatic rings. The zero-order valence-corrected chi connectivity index (χ0v) is 21.6. The van der Waals surface area contributed by atoms with E-state index in [1.807, 2.05) is 4.90 Å². The number of likely N-dealkylation sites (tertiary alicyclic amines) is 1. The van der Waals surface area contributed by atoms with Crippen molar-refractivity contribution in [2.75, 3.05) is 31.4 Å². The minimum atomic E-state index is -4.69. The Morgan fingerprint density at radius 1 is 1.11 bits per heavy atom. The highest BCUT2D eigenvalue weighted by atomic mass is 35.5. The third kappa shape index (κ3) is 6.81. The molecule has 0 aliphatic carbocycles. The van der Waals surface area contributed by atoms with Crippen molar-refractivity contribution in [1.82, 2.24) is 10.3 Å². The van der Waals surface area contributed by atoms with Crippen molar-refractivity contribution in [2.24, 2.45) is 0 Å². The van der Waals surface area contributed by atoms with Gasteiger partial charge in [-0.3, -0.25) is 24.8 Å². The van der Waals surface area contributed by atoms with E-state index >= 15 is 0 Å². The quantitative estimate of drug-likeness (QED) is 0.400. The van der Waals surface area contributed by atoms with Gasteiger partial charge in [-0.1, -0.05) is 36.5 Å². The standard InChI is InChI=1S/C23H26Cl2F3N3O3S/c1-3-35(33)21-12-20(34-2)18(25)11-19(21)29-30-22(32)14-9-16(23(26,27)28)15(17(24)10-14)13-31-7-5-4-6-8-31/h9-12,29H,3-8,13H2,1-2H3,(H,30,32). The number of rotatable bonds is 8. The summed E-state index contributed by atoms with van der Waals surface area (Å²) < 4.78 is 59.3. The Kier molecular flexibility index (Phi) is 9.31. The number of carbonyl (C=O) groups is 1. The van der Waals surface area contributed by atoms with Gasteiger partial charge in [0, 0.05) is 22.9 Å². The molecule has 1 heterocycles. The maximum absolute atomic E-state index is 13.9. The Hall–Kier alpha value is -2.01. The highest BCUT2D eigenvalue weighted by molar-refractivity contribution is 7.85. The molecule has 1 aliphatic heterocycles. The molecule has 0 radical (unpaired) electrons. The molecule has 0 spiro atoms. The molecule has 35 heavy (non-hydrogen) atoms. The van der Waals surface area contributed by atoms with E-state index in [0.29, 0.717) is 23.7 Å². The van der Waals surface area contributed by atoms with Crippen molar-refractivity contribution in [2.45, 2.75) is 43.8 Å². The van der Waals surface area contributed by atoms with Gasteiger partial charge in [-0.15, -0.1) is 0 Å². The van der Waals surface area contributed by atoms with Crippen LogP contribution in [0.15, 0.2) is 29.2 Å². The van der Waals surface area contributed by atoms with Gasteiger partial charge in [0.15, 0.2) is 0 Å². The van der Waals surface area contributed by atoms with E-state index in [2.05, 4.69) is 10.9 Å². The molecule has 1 amide bonds. The maximum Gasteiger partial charge on any atom is 0.416 e. The zero-order valence-electron chi connectivity index (χ0n) is 19.2. The van der Waals surface area contributed by atoms with Crippen LogP contribution >= 0.6 is 23.2 Å². The molecule has 0 bridgehead atoms. The average molecular weight is 552 g/mol. The average Bonchev–Trinajstić information content (AvgIpc) is 2.83. The lowest BCUT2D eigenvalue weighted by Gasteiger charge is -2.28. The summed E-state index contributed by atoms with van der Waals surface area (Å²) in [5, 5.41) is 0.0707. The minimum absolute atomic E-state index is 0.0480. The third-order valence-electron chi connectivity index (χ3n) is 5.67. The first kappa shape index (κ1) is 27.6. The van der Waals surface area contributed by atoms with Crippen molar-refractivity contribution in [3.63, 3.8) is 0 Å². The van der Waals surface area contributed by atoms with Gasteiger partial charge in [0.1, 0.15) is 5.75 Å². The molecule has 1 unspecified atom stereocenters. The van der Waals surface area contributed by atoms with Crippen LogP contribution in [0.5, 0.6) is 5.75 Å². The molecule has 1 fully saturated rings. The van der Waals surface area contributed by atoms with E-state index in [4.69, 9.17) is 27.9 Å². The predicted molar refractivity (Wildman–Crippen MR) is 132 cm³/mol. The molecule has 0 saturated carbocycles. The number of nitrogens with one attached hydrogen (secondary N) is 2. The summed E-state index contributed by atoms with van der Waals surface area (Å²) in [5.74, 6) is -0.260. The number of piperidine rings is 1. The van der Waals surface area contributed by atoms with Gasteiger partial charge in [0.25, 0.3) is 5.91 Å². The summed E-state index contributed by atoms with van der Waals surface area (Å²) >= 11 is 12.4. The van der Waals surface area contributed by atoms with Crippen molar-refractivity contribution in [3.05, 3.63) is 51.0 Å². The van der Waals surface area contributed by atoms with Crippen LogP contribution in [0.2, 0.25) is 10.0 Å². The van der Waals surface area contributed by atoms with Crippen molar-refractivity contribution >= 4 is 45.6 Å². The third-order valence-corrected chi connectivity index (χ3v) is 7.65. The molecular formula is C23H26Cl2F3N3O3S. The molecule has 12 heteroatoms. The fourth-order valence-electron chi connectivity index (χ4n) is 3.85. The Morgan fingerprint density at radius 3 is 2.40 bits per heavy atom. The lowest BCUT2D eigenvalue weighted by Crippen LogP contribution is -2.32. The predicted octanol–water partition coefficient (Wildman–Crippen LogP) is 5.89. The van der Waals surface area contributed by atoms with Gasteiger partial charge in [-0.05, 0) is 55.8 Å². The van der Waals surface area contributed by atoms with Crippen molar-refractivity contribution in [1.29, 1.82) is 0 Å². The first-order chi connectivity index (χ1) is 16.5. The van der Waals surface area contributed by atoms with E-state index in [9.17, 15) is 22.2 Å². The van der Waals surface area contributed by atoms with E-state index in [0.717, 1.165) is 25.3 Å². The number of halogens is 5. The molecule has 6 nitrogen and oxygen atoms in total. The van der Waals surface area contributed by atoms with Crippen LogP contribution in [0, 0.1) is 0 Å². The summed E-state index contributed by atoms with van der Waals surface area (Å²) in [6.07, 6.45) is -1.79. The monoisotopic (exact) mass is 551 g/mol. The highest BCUT2D eigenvalue weighted by Crippen LogP contribution is 2.37. The molecule has 1 saturated heterocycles. The summed E-state index contributed by atoms with van der Waals surface area (Å²) in [6.45, 7) is 3.17. The summed E-state index contributed by atoms with van der Waals surface area (Å²) in [5.41, 5.74) is 3.93. The van der Waals surface area contributed by atoms with Gasteiger partial charge >= 0.3 is 6.18 Å². The minimum Gasteiger partial charge on any atom is -0.495 e. The van der Waals surface area contributed by atoms with Gasteiger partial charge in [0.05, 0.1) is 39.1 Å². The Morgan fingerprint density at radius 2 is 1.80 bits per heavy atom. The van der Waals surface area contributed by atoms with Gasteiger partial charge in [0.2, 0.25) is 0 Å². The number of hydrogen-bond donors (Lipinski definition) is 2. The summed E-state index contributed by atoms with van der Waals surface area (Å²) in [4.78, 5) is 15.0. The summed E-state index contributed by atoms with van der Waals surface area (Å²) in [6, 6.07) is 4.91. The number of methoxy groups -OCH3 is 1. The topological polar surface area (TPSA) is 70.7 Å². The molecular weight excluding hydrogens is 526 g/mol. The number of alkyl halides is 3. The lowest BCUT2D eigenvalue weighted by atomic mass is 10.0. The number of anilines is 1. The lowest BCUT2D eigenvalue weighted by molar-refractivity contribution is -0.138. The van der Waals surface area contributed by atoms with Crippen molar-refractivity contribution < 1.29 is 26.9 Å². The number of hydrogen-bond acceptors (Lipinski definition) is 5. The molecule has 0 aromatic heterocycles. The number of hydrazine groups is 1. The number of carbonyl (C=O) groups excluding carboxylic acids is 1. The van der Waals surface area contributed by atoms with E-state index in [-0.39, 0.29) is 39.2 Å². The van der Waals surface area contributed by atoms with Gasteiger partial charge in [-0.25, -0.2) is 0 Å².